The van der Waals surface area contributed by atoms with Crippen LogP contribution in [0.1, 0.15) is 0 Å². The summed E-state index contributed by atoms with van der Waals surface area (Å²) in [5.41, 5.74) is -1.50. The molecule has 3 aliphatic rings. The zero-order valence-electron chi connectivity index (χ0n) is 25.7. The van der Waals surface area contributed by atoms with Crippen molar-refractivity contribution in [2.24, 2.45) is 0 Å². The maximum absolute atomic E-state index is 14.3. The Hall–Kier alpha value is -3.67. The number of aromatic hydroxyl groups is 2. The SMILES string of the molecule is O=c1c(O[C@@]2([C@H]3O[C@@H](CO)[C@@H](O)[C@@H](O)[C@@H]3O)OC[C@H](O)[C@H](O)[C@@H]2O)c(-c2ccc(O)cc2)oc2cc(O[C@@H]3OC[C@H](O)[C@H](O)[C@@H]3O)cc(O)c12. The first kappa shape index (κ1) is 36.1. The Bertz CT molecular complexity index is 1730. The zero-order valence-corrected chi connectivity index (χ0v) is 25.7. The quantitative estimate of drug-likeness (QED) is 0.110. The van der Waals surface area contributed by atoms with Gasteiger partial charge in [-0.25, -0.2) is 0 Å². The lowest BCUT2D eigenvalue weighted by Gasteiger charge is -2.52. The van der Waals surface area contributed by atoms with Gasteiger partial charge in [-0.15, -0.1) is 0 Å². The van der Waals surface area contributed by atoms with E-state index in [9.17, 15) is 66.1 Å². The van der Waals surface area contributed by atoms with Crippen molar-refractivity contribution in [1.82, 2.24) is 0 Å². The van der Waals surface area contributed by atoms with Crippen LogP contribution in [0.15, 0.2) is 45.6 Å². The Labute approximate surface area is 280 Å². The molecule has 3 aromatic rings. The van der Waals surface area contributed by atoms with Gasteiger partial charge < -0.3 is 89.4 Å². The van der Waals surface area contributed by atoms with Gasteiger partial charge in [0, 0.05) is 17.7 Å². The fourth-order valence-electron chi connectivity index (χ4n) is 6.08. The summed E-state index contributed by atoms with van der Waals surface area (Å²) in [5.74, 6) is -5.44. The highest BCUT2D eigenvalue weighted by Gasteiger charge is 2.63. The molecular weight excluding hydrogens is 676 g/mol. The summed E-state index contributed by atoms with van der Waals surface area (Å²) >= 11 is 0. The van der Waals surface area contributed by atoms with Crippen LogP contribution in [0.3, 0.4) is 0 Å². The third-order valence-electron chi connectivity index (χ3n) is 8.90. The van der Waals surface area contributed by atoms with E-state index in [1.807, 2.05) is 0 Å². The number of hydrogen-bond donors (Lipinski definition) is 12. The highest BCUT2D eigenvalue weighted by molar-refractivity contribution is 5.88. The number of fused-ring (bicyclic) bond motifs is 1. The van der Waals surface area contributed by atoms with E-state index >= 15 is 0 Å². The Morgan fingerprint density at radius 3 is 2.16 bits per heavy atom. The van der Waals surface area contributed by atoms with Gasteiger partial charge in [-0.1, -0.05) is 0 Å². The van der Waals surface area contributed by atoms with Crippen LogP contribution in [0.25, 0.3) is 22.3 Å². The van der Waals surface area contributed by atoms with Gasteiger partial charge >= 0.3 is 0 Å². The summed E-state index contributed by atoms with van der Waals surface area (Å²) in [7, 11) is 0. The van der Waals surface area contributed by atoms with Gasteiger partial charge in [0.2, 0.25) is 17.5 Å². The molecule has 12 N–H and O–H groups in total. The van der Waals surface area contributed by atoms with Crippen LogP contribution in [-0.4, -0.2) is 160 Å². The number of aliphatic hydroxyl groups is 10. The zero-order chi connectivity index (χ0) is 36.2. The van der Waals surface area contributed by atoms with Crippen LogP contribution in [0.4, 0.5) is 0 Å². The Morgan fingerprint density at radius 1 is 0.800 bits per heavy atom. The van der Waals surface area contributed by atoms with Crippen molar-refractivity contribution >= 4 is 11.0 Å². The molecule has 3 fully saturated rings. The summed E-state index contributed by atoms with van der Waals surface area (Å²) in [6.07, 6.45) is -22.2. The normalized spacial score (nSPS) is 37.8. The van der Waals surface area contributed by atoms with Crippen molar-refractivity contribution < 1.29 is 89.4 Å². The van der Waals surface area contributed by atoms with Crippen LogP contribution in [-0.2, 0) is 14.2 Å². The largest absolute Gasteiger partial charge is 0.508 e. The van der Waals surface area contributed by atoms with E-state index < -0.39 is 127 Å². The lowest BCUT2D eigenvalue weighted by Crippen LogP contribution is -2.75. The van der Waals surface area contributed by atoms with Crippen LogP contribution < -0.4 is 14.9 Å². The van der Waals surface area contributed by atoms with E-state index in [4.69, 9.17) is 28.1 Å². The molecule has 13 atom stereocenters. The van der Waals surface area contributed by atoms with Gasteiger partial charge in [0.1, 0.15) is 83.2 Å². The van der Waals surface area contributed by atoms with Gasteiger partial charge in [-0.05, 0) is 24.3 Å². The van der Waals surface area contributed by atoms with Crippen molar-refractivity contribution in [3.8, 4) is 34.3 Å². The number of rotatable bonds is 7. The van der Waals surface area contributed by atoms with Crippen LogP contribution in [0, 0.1) is 0 Å². The van der Waals surface area contributed by atoms with Gasteiger partial charge in [0.05, 0.1) is 19.8 Å². The first-order valence-corrected chi connectivity index (χ1v) is 15.3. The number of benzene rings is 2. The van der Waals surface area contributed by atoms with Crippen molar-refractivity contribution in [3.63, 3.8) is 0 Å². The molecule has 2 aromatic carbocycles. The summed E-state index contributed by atoms with van der Waals surface area (Å²) < 4.78 is 34.1. The van der Waals surface area contributed by atoms with Gasteiger partial charge in [-0.2, -0.15) is 0 Å². The second-order valence-corrected chi connectivity index (χ2v) is 12.2. The van der Waals surface area contributed by atoms with E-state index in [1.165, 1.54) is 24.3 Å². The molecule has 3 aliphatic heterocycles. The highest BCUT2D eigenvalue weighted by Crippen LogP contribution is 2.43. The maximum Gasteiger partial charge on any atom is 0.268 e. The molecule has 6 rings (SSSR count). The van der Waals surface area contributed by atoms with E-state index in [0.29, 0.717) is 0 Å². The van der Waals surface area contributed by atoms with E-state index in [-0.39, 0.29) is 22.6 Å². The summed E-state index contributed by atoms with van der Waals surface area (Å²) in [6.45, 7) is -2.12. The molecule has 0 saturated carbocycles. The van der Waals surface area contributed by atoms with Crippen molar-refractivity contribution in [1.29, 1.82) is 0 Å². The Kier molecular flexibility index (Phi) is 9.98. The van der Waals surface area contributed by atoms with Crippen molar-refractivity contribution in [3.05, 3.63) is 46.6 Å². The number of phenols is 2. The van der Waals surface area contributed by atoms with E-state index in [2.05, 4.69) is 0 Å². The van der Waals surface area contributed by atoms with Gasteiger partial charge in [-0.3, -0.25) is 4.79 Å². The number of aliphatic hydroxyl groups excluding tert-OH is 10. The molecule has 50 heavy (non-hydrogen) atoms. The monoisotopic (exact) mass is 712 g/mol. The molecule has 19 heteroatoms. The minimum atomic E-state index is -2.89. The average Bonchev–Trinajstić information content (AvgIpc) is 3.09. The third-order valence-corrected chi connectivity index (χ3v) is 8.90. The predicted molar refractivity (Wildman–Crippen MR) is 161 cm³/mol. The first-order chi connectivity index (χ1) is 23.7. The summed E-state index contributed by atoms with van der Waals surface area (Å²) in [6, 6.07) is 7.02. The highest BCUT2D eigenvalue weighted by atomic mass is 16.7. The topological polar surface area (TPSA) is 319 Å². The lowest BCUT2D eigenvalue weighted by molar-refractivity contribution is -0.379. The number of ether oxygens (including phenoxy) is 5. The molecule has 1 aromatic heterocycles. The molecule has 0 radical (unpaired) electrons. The minimum absolute atomic E-state index is 0.0283. The van der Waals surface area contributed by atoms with E-state index in [1.54, 1.807) is 0 Å². The molecule has 4 heterocycles. The standard InChI is InChI=1S/C31H36O19/c32-7-17-21(39)23(41)24(42)29(49-17)31(28(44)20(38)15(36)9-46-31)50-27-22(40)18-13(34)5-12(47-30-25(43)19(37)14(35)8-45-30)6-16(18)48-26(27)10-1-3-11(33)4-2-10/h1-6,14-15,17,19-21,23-25,28-30,32-39,41-44H,7-9H2/t14-,15-,17-,19-,20-,21+,23+,24-,25-,28-,29-,30-,31-/m0/s1. The van der Waals surface area contributed by atoms with Crippen LogP contribution >= 0.6 is 0 Å². The predicted octanol–water partition coefficient (Wildman–Crippen LogP) is -4.28. The molecule has 0 aliphatic carbocycles. The fraction of sp³-hybridized carbons (Fsp3) is 0.516. The second kappa shape index (κ2) is 13.8. The molecule has 3 saturated heterocycles. The molecule has 274 valence electrons. The van der Waals surface area contributed by atoms with E-state index in [0.717, 1.165) is 12.1 Å². The molecule has 0 spiro atoms. The van der Waals surface area contributed by atoms with Gasteiger partial charge in [0.15, 0.2) is 18.0 Å². The van der Waals surface area contributed by atoms with Gasteiger partial charge in [0.25, 0.3) is 5.79 Å². The molecule has 19 nitrogen and oxygen atoms in total. The molecule has 0 unspecified atom stereocenters. The van der Waals surface area contributed by atoms with Crippen LogP contribution in [0.2, 0.25) is 0 Å². The fourth-order valence-corrected chi connectivity index (χ4v) is 6.08. The van der Waals surface area contributed by atoms with Crippen molar-refractivity contribution in [2.75, 3.05) is 19.8 Å². The number of phenolic OH excluding ortho intramolecular Hbond substituents is 2. The van der Waals surface area contributed by atoms with Crippen LogP contribution in [0.5, 0.6) is 23.0 Å². The lowest BCUT2D eigenvalue weighted by atomic mass is 9.84. The average molecular weight is 713 g/mol. The Balaban J connectivity index is 1.51. The first-order valence-electron chi connectivity index (χ1n) is 15.3. The maximum atomic E-state index is 14.3. The third kappa shape index (κ3) is 6.15. The summed E-state index contributed by atoms with van der Waals surface area (Å²) in [4.78, 5) is 14.3. The molecule has 0 amide bonds. The summed E-state index contributed by atoms with van der Waals surface area (Å²) in [5, 5.41) is 125. The number of hydrogen-bond acceptors (Lipinski definition) is 19. The smallest absolute Gasteiger partial charge is 0.268 e. The second-order valence-electron chi connectivity index (χ2n) is 12.2. The molecular formula is C31H36O19. The Morgan fingerprint density at radius 2 is 1.48 bits per heavy atom. The minimum Gasteiger partial charge on any atom is -0.508 e. The van der Waals surface area contributed by atoms with Crippen molar-refractivity contribution in [2.45, 2.75) is 79.2 Å². The molecule has 0 bridgehead atoms.